The molecule has 1 aromatic rings. The van der Waals surface area contributed by atoms with Crippen molar-refractivity contribution in [2.45, 2.75) is 18.9 Å². The molecular weight excluding hydrogens is 244 g/mol. The first-order chi connectivity index (χ1) is 6.75. The summed E-state index contributed by atoms with van der Waals surface area (Å²) in [6, 6.07) is 0.356. The van der Waals surface area contributed by atoms with Crippen molar-refractivity contribution in [3.05, 3.63) is 17.0 Å². The predicted octanol–water partition coefficient (Wildman–Crippen LogP) is 1.17. The fraction of sp³-hybridized carbons (Fsp3) is 0.556. The summed E-state index contributed by atoms with van der Waals surface area (Å²) in [5.41, 5.74) is 5.83. The van der Waals surface area contributed by atoms with Crippen LogP contribution in [0.2, 0.25) is 0 Å². The molecule has 76 valence electrons. The van der Waals surface area contributed by atoms with Crippen LogP contribution in [0.5, 0.6) is 0 Å². The molecule has 0 radical (unpaired) electrons. The minimum atomic E-state index is 0.356. The van der Waals surface area contributed by atoms with Crippen molar-refractivity contribution < 1.29 is 0 Å². The molecule has 0 aromatic carbocycles. The van der Waals surface area contributed by atoms with Crippen LogP contribution >= 0.6 is 15.9 Å². The third-order valence-corrected chi connectivity index (χ3v) is 2.88. The summed E-state index contributed by atoms with van der Waals surface area (Å²) < 4.78 is 0.773. The van der Waals surface area contributed by atoms with Gasteiger partial charge in [-0.1, -0.05) is 0 Å². The summed E-state index contributed by atoms with van der Waals surface area (Å²) in [6.07, 6.45) is 5.60. The number of rotatable bonds is 1. The zero-order valence-corrected chi connectivity index (χ0v) is 9.44. The van der Waals surface area contributed by atoms with Crippen molar-refractivity contribution in [3.63, 3.8) is 0 Å². The smallest absolute Gasteiger partial charge is 0.147 e. The lowest BCUT2D eigenvalue weighted by atomic mass is 10.1. The largest absolute Gasteiger partial charge is 0.355 e. The summed E-state index contributed by atoms with van der Waals surface area (Å²) in [5, 5.41) is 0. The molecule has 0 aliphatic carbocycles. The van der Waals surface area contributed by atoms with Crippen LogP contribution in [0.4, 0.5) is 5.82 Å². The van der Waals surface area contributed by atoms with Crippen LogP contribution in [0.25, 0.3) is 0 Å². The van der Waals surface area contributed by atoms with Crippen LogP contribution in [0, 0.1) is 0 Å². The van der Waals surface area contributed by atoms with Crippen LogP contribution in [0.15, 0.2) is 17.0 Å². The van der Waals surface area contributed by atoms with Crippen LogP contribution in [0.1, 0.15) is 12.8 Å². The molecule has 1 fully saturated rings. The summed E-state index contributed by atoms with van der Waals surface area (Å²) in [5.74, 6) is 0.945. The molecule has 0 spiro atoms. The summed E-state index contributed by atoms with van der Waals surface area (Å²) in [7, 11) is 0. The summed E-state index contributed by atoms with van der Waals surface area (Å²) in [4.78, 5) is 10.7. The number of piperidine rings is 1. The molecule has 0 saturated carbocycles. The van der Waals surface area contributed by atoms with Crippen molar-refractivity contribution in [2.75, 3.05) is 18.0 Å². The van der Waals surface area contributed by atoms with Crippen molar-refractivity contribution in [3.8, 4) is 0 Å². The lowest BCUT2D eigenvalue weighted by Crippen LogP contribution is -2.40. The molecule has 1 aliphatic rings. The molecule has 0 amide bonds. The van der Waals surface area contributed by atoms with E-state index >= 15 is 0 Å². The predicted molar refractivity (Wildman–Crippen MR) is 59.2 cm³/mol. The van der Waals surface area contributed by atoms with Gasteiger partial charge in [0, 0.05) is 19.1 Å². The second-order valence-corrected chi connectivity index (χ2v) is 4.33. The van der Waals surface area contributed by atoms with E-state index in [0.717, 1.165) is 36.4 Å². The molecule has 1 aromatic heterocycles. The number of hydrogen-bond acceptors (Lipinski definition) is 4. The minimum absolute atomic E-state index is 0.356. The highest BCUT2D eigenvalue weighted by Crippen LogP contribution is 2.16. The Morgan fingerprint density at radius 1 is 1.29 bits per heavy atom. The molecule has 4 nitrogen and oxygen atoms in total. The van der Waals surface area contributed by atoms with Gasteiger partial charge in [0.2, 0.25) is 0 Å². The fourth-order valence-electron chi connectivity index (χ4n) is 1.60. The monoisotopic (exact) mass is 256 g/mol. The van der Waals surface area contributed by atoms with Crippen LogP contribution in [0.3, 0.4) is 0 Å². The SMILES string of the molecule is NC1CCN(c2cnc(Br)cn2)CC1. The number of aromatic nitrogens is 2. The lowest BCUT2D eigenvalue weighted by molar-refractivity contribution is 0.498. The van der Waals surface area contributed by atoms with E-state index in [2.05, 4.69) is 30.8 Å². The molecule has 5 heteroatoms. The van der Waals surface area contributed by atoms with E-state index in [1.165, 1.54) is 0 Å². The molecule has 0 atom stereocenters. The zero-order chi connectivity index (χ0) is 9.97. The van der Waals surface area contributed by atoms with Gasteiger partial charge >= 0.3 is 0 Å². The first kappa shape index (κ1) is 9.86. The van der Waals surface area contributed by atoms with Crippen LogP contribution < -0.4 is 10.6 Å². The third kappa shape index (κ3) is 2.22. The molecule has 2 rings (SSSR count). The van der Waals surface area contributed by atoms with E-state index in [-0.39, 0.29) is 0 Å². The number of anilines is 1. The second-order valence-electron chi connectivity index (χ2n) is 3.52. The van der Waals surface area contributed by atoms with Gasteiger partial charge in [0.15, 0.2) is 0 Å². The standard InChI is InChI=1S/C9H13BrN4/c10-8-5-13-9(6-12-8)14-3-1-7(11)2-4-14/h5-7H,1-4,11H2. The Hall–Kier alpha value is -0.680. The number of halogens is 1. The van der Waals surface area contributed by atoms with Gasteiger partial charge in [-0.25, -0.2) is 9.97 Å². The average molecular weight is 257 g/mol. The molecule has 0 unspecified atom stereocenters. The van der Waals surface area contributed by atoms with Gasteiger partial charge in [-0.05, 0) is 28.8 Å². The van der Waals surface area contributed by atoms with E-state index in [1.54, 1.807) is 12.4 Å². The van der Waals surface area contributed by atoms with E-state index in [0.29, 0.717) is 6.04 Å². The molecule has 1 saturated heterocycles. The Kier molecular flexibility index (Phi) is 2.98. The van der Waals surface area contributed by atoms with Gasteiger partial charge in [-0.3, -0.25) is 0 Å². The van der Waals surface area contributed by atoms with Crippen molar-refractivity contribution >= 4 is 21.7 Å². The Labute approximate surface area is 91.7 Å². The number of hydrogen-bond donors (Lipinski definition) is 1. The summed E-state index contributed by atoms with van der Waals surface area (Å²) >= 11 is 3.27. The van der Waals surface area contributed by atoms with Gasteiger partial charge in [-0.15, -0.1) is 0 Å². The van der Waals surface area contributed by atoms with Crippen LogP contribution in [-0.4, -0.2) is 29.1 Å². The van der Waals surface area contributed by atoms with E-state index in [1.807, 2.05) is 0 Å². The summed E-state index contributed by atoms with van der Waals surface area (Å²) in [6.45, 7) is 1.97. The normalized spacial score (nSPS) is 18.6. The Balaban J connectivity index is 2.05. The van der Waals surface area contributed by atoms with Gasteiger partial charge in [0.25, 0.3) is 0 Å². The zero-order valence-electron chi connectivity index (χ0n) is 7.86. The minimum Gasteiger partial charge on any atom is -0.355 e. The van der Waals surface area contributed by atoms with Crippen molar-refractivity contribution in [1.82, 2.24) is 9.97 Å². The van der Waals surface area contributed by atoms with Gasteiger partial charge < -0.3 is 10.6 Å². The topological polar surface area (TPSA) is 55.0 Å². The fourth-order valence-corrected chi connectivity index (χ4v) is 1.80. The molecule has 2 heterocycles. The first-order valence-corrected chi connectivity index (χ1v) is 5.53. The maximum Gasteiger partial charge on any atom is 0.147 e. The second kappa shape index (κ2) is 4.23. The lowest BCUT2D eigenvalue weighted by Gasteiger charge is -2.30. The van der Waals surface area contributed by atoms with E-state index in [4.69, 9.17) is 5.73 Å². The highest BCUT2D eigenvalue weighted by atomic mass is 79.9. The number of nitrogens with zero attached hydrogens (tertiary/aromatic N) is 3. The molecule has 0 bridgehead atoms. The van der Waals surface area contributed by atoms with Gasteiger partial charge in [0.05, 0.1) is 12.4 Å². The highest BCUT2D eigenvalue weighted by Gasteiger charge is 2.16. The molecule has 2 N–H and O–H groups in total. The first-order valence-electron chi connectivity index (χ1n) is 4.74. The highest BCUT2D eigenvalue weighted by molar-refractivity contribution is 9.10. The van der Waals surface area contributed by atoms with Crippen molar-refractivity contribution in [1.29, 1.82) is 0 Å². The Bertz CT molecular complexity index is 292. The van der Waals surface area contributed by atoms with Gasteiger partial charge in [-0.2, -0.15) is 0 Å². The van der Waals surface area contributed by atoms with Gasteiger partial charge in [0.1, 0.15) is 10.4 Å². The maximum absolute atomic E-state index is 5.83. The molecule has 1 aliphatic heterocycles. The maximum atomic E-state index is 5.83. The Morgan fingerprint density at radius 3 is 2.57 bits per heavy atom. The van der Waals surface area contributed by atoms with E-state index in [9.17, 15) is 0 Å². The average Bonchev–Trinajstić information content (AvgIpc) is 2.21. The number of nitrogens with two attached hydrogens (primary N) is 1. The molecular formula is C9H13BrN4. The van der Waals surface area contributed by atoms with E-state index < -0.39 is 0 Å². The Morgan fingerprint density at radius 2 is 2.00 bits per heavy atom. The molecule has 14 heavy (non-hydrogen) atoms. The van der Waals surface area contributed by atoms with Crippen LogP contribution in [-0.2, 0) is 0 Å². The third-order valence-electron chi connectivity index (χ3n) is 2.47. The quantitative estimate of drug-likeness (QED) is 0.820. The van der Waals surface area contributed by atoms with Crippen molar-refractivity contribution in [2.24, 2.45) is 5.73 Å².